The van der Waals surface area contributed by atoms with Crippen LogP contribution in [0.1, 0.15) is 65.7 Å². The summed E-state index contributed by atoms with van der Waals surface area (Å²) in [7, 11) is -1.55. The highest BCUT2D eigenvalue weighted by Gasteiger charge is 2.36. The molecule has 1 unspecified atom stereocenters. The van der Waals surface area contributed by atoms with Gasteiger partial charge in [-0.2, -0.15) is 0 Å². The predicted molar refractivity (Wildman–Crippen MR) is 98.2 cm³/mol. The highest BCUT2D eigenvalue weighted by molar-refractivity contribution is 9.12. The summed E-state index contributed by atoms with van der Waals surface area (Å²) in [6.07, 6.45) is 7.49. The predicted octanol–water partition coefficient (Wildman–Crippen LogP) is 5.46. The van der Waals surface area contributed by atoms with Gasteiger partial charge in [-0.05, 0) is 42.2 Å². The molecule has 1 atom stereocenters. The molecule has 0 rings (SSSR count). The van der Waals surface area contributed by atoms with Crippen molar-refractivity contribution in [3.8, 4) is 10.8 Å². The zero-order valence-electron chi connectivity index (χ0n) is 14.5. The molecule has 0 amide bonds. The summed E-state index contributed by atoms with van der Waals surface area (Å²) < 4.78 is 6.17. The summed E-state index contributed by atoms with van der Waals surface area (Å²) in [5.74, 6) is 2.70. The molecule has 0 aromatic carbocycles. The molecule has 1 N–H and O–H groups in total. The molecule has 0 saturated heterocycles. The van der Waals surface area contributed by atoms with E-state index in [4.69, 9.17) is 4.43 Å². The van der Waals surface area contributed by atoms with E-state index in [1.54, 1.807) is 0 Å². The van der Waals surface area contributed by atoms with Crippen molar-refractivity contribution in [2.24, 2.45) is 0 Å². The quantitative estimate of drug-likeness (QED) is 0.311. The molecular weight excluding hydrogens is 344 g/mol. The first-order valence-electron chi connectivity index (χ1n) is 8.14. The van der Waals surface area contributed by atoms with Gasteiger partial charge in [-0.25, -0.2) is 0 Å². The van der Waals surface area contributed by atoms with Crippen LogP contribution in [0.25, 0.3) is 0 Å². The van der Waals surface area contributed by atoms with Crippen molar-refractivity contribution in [3.05, 3.63) is 0 Å². The molecule has 0 aliphatic carbocycles. The van der Waals surface area contributed by atoms with Gasteiger partial charge < -0.3 is 9.53 Å². The number of rotatable bonds is 10. The van der Waals surface area contributed by atoms with Gasteiger partial charge in [0.15, 0.2) is 8.32 Å². The Balaban J connectivity index is 3.47. The third-order valence-corrected chi connectivity index (χ3v) is 9.13. The van der Waals surface area contributed by atoms with E-state index in [0.29, 0.717) is 5.04 Å². The van der Waals surface area contributed by atoms with Gasteiger partial charge in [-0.3, -0.25) is 0 Å². The standard InChI is InChI=1S/C17H33BrO2Si/c1-17(2,3)21(4,5)20-15-11-9-7-6-8-10-12-16(19)13-14-18/h16,19H,6-12,15H2,1-5H3. The lowest BCUT2D eigenvalue weighted by atomic mass is 10.1. The van der Waals surface area contributed by atoms with Gasteiger partial charge in [0, 0.05) is 22.5 Å². The number of hydrogen-bond acceptors (Lipinski definition) is 2. The lowest BCUT2D eigenvalue weighted by Crippen LogP contribution is -2.40. The molecule has 0 heterocycles. The lowest BCUT2D eigenvalue weighted by Gasteiger charge is -2.36. The minimum atomic E-state index is -1.55. The zero-order chi connectivity index (χ0) is 16.4. The normalized spacial score (nSPS) is 13.7. The Morgan fingerprint density at radius 1 is 1.05 bits per heavy atom. The van der Waals surface area contributed by atoms with Crippen LogP contribution in [0.3, 0.4) is 0 Å². The fourth-order valence-corrected chi connectivity index (χ4v) is 3.18. The van der Waals surface area contributed by atoms with Crippen LogP contribution in [-0.2, 0) is 4.43 Å². The van der Waals surface area contributed by atoms with Crippen molar-refractivity contribution in [3.63, 3.8) is 0 Å². The van der Waals surface area contributed by atoms with Crippen molar-refractivity contribution in [1.29, 1.82) is 0 Å². The third kappa shape index (κ3) is 10.5. The SMILES string of the molecule is CC(C)(C)[Si](C)(C)OCCCCCCCCC(O)C#CBr. The highest BCUT2D eigenvalue weighted by atomic mass is 79.9. The molecule has 0 aromatic heterocycles. The van der Waals surface area contributed by atoms with Crippen molar-refractivity contribution >= 4 is 24.2 Å². The van der Waals surface area contributed by atoms with Gasteiger partial charge in [-0.15, -0.1) is 0 Å². The molecule has 0 aliphatic heterocycles. The first kappa shape index (κ1) is 21.2. The van der Waals surface area contributed by atoms with Gasteiger partial charge >= 0.3 is 0 Å². The minimum Gasteiger partial charge on any atom is -0.417 e. The van der Waals surface area contributed by atoms with Crippen molar-refractivity contribution in [1.82, 2.24) is 0 Å². The second-order valence-electron chi connectivity index (χ2n) is 7.27. The number of aliphatic hydroxyl groups excluding tert-OH is 1. The second-order valence-corrected chi connectivity index (χ2v) is 12.5. The molecule has 0 spiro atoms. The fraction of sp³-hybridized carbons (Fsp3) is 0.882. The van der Waals surface area contributed by atoms with Gasteiger partial charge in [0.25, 0.3) is 0 Å². The summed E-state index contributed by atoms with van der Waals surface area (Å²) in [4.78, 5) is 2.57. The molecule has 4 heteroatoms. The molecule has 0 saturated carbocycles. The summed E-state index contributed by atoms with van der Waals surface area (Å²) in [6.45, 7) is 12.4. The van der Waals surface area contributed by atoms with E-state index in [1.165, 1.54) is 32.1 Å². The van der Waals surface area contributed by atoms with Crippen LogP contribution in [0.4, 0.5) is 0 Å². The van der Waals surface area contributed by atoms with Gasteiger partial charge in [0.1, 0.15) is 6.10 Å². The van der Waals surface area contributed by atoms with E-state index in [9.17, 15) is 5.11 Å². The first-order valence-corrected chi connectivity index (χ1v) is 11.8. The Morgan fingerprint density at radius 3 is 2.10 bits per heavy atom. The maximum absolute atomic E-state index is 9.45. The topological polar surface area (TPSA) is 29.5 Å². The van der Waals surface area contributed by atoms with Crippen molar-refractivity contribution < 1.29 is 9.53 Å². The van der Waals surface area contributed by atoms with Crippen LogP contribution >= 0.6 is 15.9 Å². The molecule has 124 valence electrons. The Kier molecular flexibility index (Phi) is 10.9. The average molecular weight is 377 g/mol. The van der Waals surface area contributed by atoms with Gasteiger partial charge in [0.2, 0.25) is 0 Å². The largest absolute Gasteiger partial charge is 0.417 e. The van der Waals surface area contributed by atoms with Gasteiger partial charge in [0.05, 0.1) is 0 Å². The smallest absolute Gasteiger partial charge is 0.191 e. The number of halogens is 1. The van der Waals surface area contributed by atoms with Crippen LogP contribution in [0.5, 0.6) is 0 Å². The number of aliphatic hydroxyl groups is 1. The monoisotopic (exact) mass is 376 g/mol. The number of hydrogen-bond donors (Lipinski definition) is 1. The van der Waals surface area contributed by atoms with Crippen LogP contribution in [0.15, 0.2) is 0 Å². The third-order valence-electron chi connectivity index (χ3n) is 4.36. The Hall–Kier alpha value is 0.177. The number of unbranched alkanes of at least 4 members (excludes halogenated alkanes) is 5. The zero-order valence-corrected chi connectivity index (χ0v) is 17.1. The molecule has 0 radical (unpaired) electrons. The summed E-state index contributed by atoms with van der Waals surface area (Å²) >= 11 is 3.00. The lowest BCUT2D eigenvalue weighted by molar-refractivity contribution is 0.217. The Bertz CT molecular complexity index is 326. The maximum Gasteiger partial charge on any atom is 0.191 e. The minimum absolute atomic E-state index is 0.311. The van der Waals surface area contributed by atoms with Crippen molar-refractivity contribution in [2.45, 2.75) is 90.0 Å². The van der Waals surface area contributed by atoms with E-state index in [-0.39, 0.29) is 0 Å². The Morgan fingerprint density at radius 2 is 1.57 bits per heavy atom. The van der Waals surface area contributed by atoms with E-state index in [0.717, 1.165) is 19.4 Å². The second kappa shape index (κ2) is 10.8. The van der Waals surface area contributed by atoms with Crippen LogP contribution in [-0.4, -0.2) is 26.1 Å². The fourth-order valence-electron chi connectivity index (χ4n) is 1.83. The summed E-state index contributed by atoms with van der Waals surface area (Å²) in [5, 5.41) is 9.76. The molecule has 0 aliphatic rings. The molecular formula is C17H33BrO2Si. The van der Waals surface area contributed by atoms with Gasteiger partial charge in [-0.1, -0.05) is 52.4 Å². The summed E-state index contributed by atoms with van der Waals surface area (Å²) in [6, 6.07) is 0. The van der Waals surface area contributed by atoms with E-state index in [2.05, 4.69) is 60.5 Å². The summed E-state index contributed by atoms with van der Waals surface area (Å²) in [5.41, 5.74) is 0. The Labute approximate surface area is 141 Å². The van der Waals surface area contributed by atoms with Crippen LogP contribution in [0.2, 0.25) is 18.1 Å². The van der Waals surface area contributed by atoms with E-state index < -0.39 is 14.4 Å². The van der Waals surface area contributed by atoms with E-state index in [1.807, 2.05) is 0 Å². The molecule has 0 aromatic rings. The molecule has 2 nitrogen and oxygen atoms in total. The van der Waals surface area contributed by atoms with E-state index >= 15 is 0 Å². The molecule has 0 fully saturated rings. The molecule has 0 bridgehead atoms. The van der Waals surface area contributed by atoms with Crippen LogP contribution < -0.4 is 0 Å². The van der Waals surface area contributed by atoms with Crippen molar-refractivity contribution in [2.75, 3.05) is 6.61 Å². The maximum atomic E-state index is 9.45. The van der Waals surface area contributed by atoms with Crippen LogP contribution in [0, 0.1) is 10.8 Å². The first-order chi connectivity index (χ1) is 9.70. The molecule has 21 heavy (non-hydrogen) atoms. The average Bonchev–Trinajstić information content (AvgIpc) is 2.35. The highest BCUT2D eigenvalue weighted by Crippen LogP contribution is 2.36.